The van der Waals surface area contributed by atoms with Crippen LogP contribution in [0.2, 0.25) is 0 Å². The summed E-state index contributed by atoms with van der Waals surface area (Å²) in [5.41, 5.74) is 0.382. The molecular formula is C14H20N2O6S. The van der Waals surface area contributed by atoms with Crippen molar-refractivity contribution in [3.8, 4) is 11.5 Å². The van der Waals surface area contributed by atoms with Gasteiger partial charge in [0, 0.05) is 25.3 Å². The molecule has 0 fully saturated rings. The van der Waals surface area contributed by atoms with Crippen molar-refractivity contribution in [3.63, 3.8) is 0 Å². The number of hydrogen-bond donors (Lipinski definition) is 2. The molecule has 0 aliphatic carbocycles. The molecule has 1 amide bonds. The van der Waals surface area contributed by atoms with Gasteiger partial charge in [0.25, 0.3) is 5.91 Å². The first kappa shape index (κ1) is 17.5. The van der Waals surface area contributed by atoms with E-state index < -0.39 is 10.0 Å². The van der Waals surface area contributed by atoms with Crippen molar-refractivity contribution in [2.24, 2.45) is 0 Å². The molecule has 128 valence electrons. The number of fused-ring (bicyclic) bond motifs is 1. The fraction of sp³-hybridized carbons (Fsp3) is 0.500. The van der Waals surface area contributed by atoms with Crippen molar-refractivity contribution in [3.05, 3.63) is 23.8 Å². The highest BCUT2D eigenvalue weighted by molar-refractivity contribution is 7.89. The molecular weight excluding hydrogens is 324 g/mol. The molecule has 0 radical (unpaired) electrons. The Hall–Kier alpha value is -1.84. The van der Waals surface area contributed by atoms with Gasteiger partial charge in [0.1, 0.15) is 0 Å². The predicted molar refractivity (Wildman–Crippen MR) is 83.2 cm³/mol. The third kappa shape index (κ3) is 5.08. The first-order chi connectivity index (χ1) is 10.9. The maximum absolute atomic E-state index is 12.0. The van der Waals surface area contributed by atoms with E-state index in [4.69, 9.17) is 14.2 Å². The van der Waals surface area contributed by atoms with E-state index in [1.54, 1.807) is 25.1 Å². The quantitative estimate of drug-likeness (QED) is 0.693. The molecule has 0 unspecified atom stereocenters. The van der Waals surface area contributed by atoms with E-state index in [0.717, 1.165) is 0 Å². The standard InChI is InChI=1S/C14H20N2O6S/c1-10(8-20-2)16-23(18,19)6-5-15-14(17)11-3-4-12-13(7-11)22-9-21-12/h3-4,7,10,16H,5-6,8-9H2,1-2H3,(H,15,17)/t10-/m1/s1. The van der Waals surface area contributed by atoms with Gasteiger partial charge in [-0.3, -0.25) is 4.79 Å². The van der Waals surface area contributed by atoms with Crippen molar-refractivity contribution in [1.82, 2.24) is 10.0 Å². The molecule has 8 nitrogen and oxygen atoms in total. The van der Waals surface area contributed by atoms with Gasteiger partial charge in [-0.05, 0) is 25.1 Å². The largest absolute Gasteiger partial charge is 0.454 e. The number of amides is 1. The van der Waals surface area contributed by atoms with Gasteiger partial charge in [-0.1, -0.05) is 0 Å². The number of carbonyl (C=O) groups excluding carboxylic acids is 1. The minimum atomic E-state index is -3.48. The Kier molecular flexibility index (Phi) is 5.80. The number of carbonyl (C=O) groups is 1. The van der Waals surface area contributed by atoms with Crippen LogP contribution in [0.1, 0.15) is 17.3 Å². The molecule has 1 aliphatic heterocycles. The molecule has 1 aliphatic rings. The molecule has 0 aromatic heterocycles. The summed E-state index contributed by atoms with van der Waals surface area (Å²) in [6.07, 6.45) is 0. The zero-order chi connectivity index (χ0) is 16.9. The van der Waals surface area contributed by atoms with Gasteiger partial charge in [-0.25, -0.2) is 13.1 Å². The molecule has 2 rings (SSSR count). The number of benzene rings is 1. The predicted octanol–water partition coefficient (Wildman–Crippen LogP) is 0.0994. The lowest BCUT2D eigenvalue weighted by Crippen LogP contribution is -2.40. The topological polar surface area (TPSA) is 103 Å². The highest BCUT2D eigenvalue weighted by Gasteiger charge is 2.17. The van der Waals surface area contributed by atoms with Crippen LogP contribution in [-0.4, -0.2) is 53.2 Å². The Labute approximate surface area is 135 Å². The Morgan fingerprint density at radius 3 is 2.83 bits per heavy atom. The summed E-state index contributed by atoms with van der Waals surface area (Å²) < 4.78 is 41.4. The van der Waals surface area contributed by atoms with Gasteiger partial charge in [-0.2, -0.15) is 0 Å². The van der Waals surface area contributed by atoms with Crippen LogP contribution in [0.3, 0.4) is 0 Å². The highest BCUT2D eigenvalue weighted by atomic mass is 32.2. The van der Waals surface area contributed by atoms with Gasteiger partial charge in [0.2, 0.25) is 16.8 Å². The summed E-state index contributed by atoms with van der Waals surface area (Å²) in [5, 5.41) is 2.57. The van der Waals surface area contributed by atoms with E-state index in [1.165, 1.54) is 7.11 Å². The maximum atomic E-state index is 12.0. The minimum Gasteiger partial charge on any atom is -0.454 e. The average Bonchev–Trinajstić information content (AvgIpc) is 2.93. The lowest BCUT2D eigenvalue weighted by molar-refractivity contribution is 0.0955. The van der Waals surface area contributed by atoms with E-state index >= 15 is 0 Å². The fourth-order valence-corrected chi connectivity index (χ4v) is 3.26. The number of sulfonamides is 1. The second kappa shape index (κ2) is 7.62. The molecule has 1 aromatic carbocycles. The Morgan fingerprint density at radius 1 is 1.35 bits per heavy atom. The normalized spacial score (nSPS) is 14.5. The summed E-state index contributed by atoms with van der Waals surface area (Å²) in [4.78, 5) is 12.0. The summed E-state index contributed by atoms with van der Waals surface area (Å²) >= 11 is 0. The molecule has 1 aromatic rings. The van der Waals surface area contributed by atoms with Crippen LogP contribution in [0.15, 0.2) is 18.2 Å². The molecule has 2 N–H and O–H groups in total. The van der Waals surface area contributed by atoms with Gasteiger partial charge >= 0.3 is 0 Å². The van der Waals surface area contributed by atoms with Crippen molar-refractivity contribution in [2.75, 3.05) is 32.8 Å². The third-order valence-corrected chi connectivity index (χ3v) is 4.59. The van der Waals surface area contributed by atoms with Crippen LogP contribution in [0.5, 0.6) is 11.5 Å². The van der Waals surface area contributed by atoms with Gasteiger partial charge in [0.05, 0.1) is 12.4 Å². The van der Waals surface area contributed by atoms with Crippen molar-refractivity contribution >= 4 is 15.9 Å². The van der Waals surface area contributed by atoms with Crippen LogP contribution in [0.25, 0.3) is 0 Å². The Morgan fingerprint density at radius 2 is 2.09 bits per heavy atom. The van der Waals surface area contributed by atoms with E-state index in [1.807, 2.05) is 0 Å². The van der Waals surface area contributed by atoms with Crippen LogP contribution >= 0.6 is 0 Å². The molecule has 0 saturated carbocycles. The summed E-state index contributed by atoms with van der Waals surface area (Å²) in [6, 6.07) is 4.47. The van der Waals surface area contributed by atoms with Crippen molar-refractivity contribution < 1.29 is 27.4 Å². The Bertz CT molecular complexity index is 661. The van der Waals surface area contributed by atoms with Crippen molar-refractivity contribution in [2.45, 2.75) is 13.0 Å². The van der Waals surface area contributed by atoms with E-state index in [9.17, 15) is 13.2 Å². The number of rotatable bonds is 8. The summed E-state index contributed by atoms with van der Waals surface area (Å²) in [6.45, 7) is 2.11. The average molecular weight is 344 g/mol. The molecule has 23 heavy (non-hydrogen) atoms. The molecule has 1 atom stereocenters. The third-order valence-electron chi connectivity index (χ3n) is 3.09. The number of methoxy groups -OCH3 is 1. The smallest absolute Gasteiger partial charge is 0.251 e. The molecule has 0 spiro atoms. The first-order valence-electron chi connectivity index (χ1n) is 7.08. The molecule has 0 bridgehead atoms. The Balaban J connectivity index is 1.82. The number of ether oxygens (including phenoxy) is 3. The van der Waals surface area contributed by atoms with Gasteiger partial charge in [0.15, 0.2) is 11.5 Å². The second-order valence-electron chi connectivity index (χ2n) is 5.12. The monoisotopic (exact) mass is 344 g/mol. The zero-order valence-electron chi connectivity index (χ0n) is 13.0. The first-order valence-corrected chi connectivity index (χ1v) is 8.73. The molecule has 0 saturated heterocycles. The van der Waals surface area contributed by atoms with Gasteiger partial charge < -0.3 is 19.5 Å². The van der Waals surface area contributed by atoms with Gasteiger partial charge in [-0.15, -0.1) is 0 Å². The van der Waals surface area contributed by atoms with Crippen LogP contribution in [0, 0.1) is 0 Å². The van der Waals surface area contributed by atoms with Crippen molar-refractivity contribution in [1.29, 1.82) is 0 Å². The lowest BCUT2D eigenvalue weighted by Gasteiger charge is -2.13. The minimum absolute atomic E-state index is 0.00229. The molecule has 1 heterocycles. The maximum Gasteiger partial charge on any atom is 0.251 e. The van der Waals surface area contributed by atoms with E-state index in [2.05, 4.69) is 10.0 Å². The summed E-state index contributed by atoms with van der Waals surface area (Å²) in [5.74, 6) is 0.501. The molecule has 9 heteroatoms. The zero-order valence-corrected chi connectivity index (χ0v) is 13.8. The fourth-order valence-electron chi connectivity index (χ4n) is 2.09. The van der Waals surface area contributed by atoms with Crippen LogP contribution < -0.4 is 19.5 Å². The highest BCUT2D eigenvalue weighted by Crippen LogP contribution is 2.32. The summed E-state index contributed by atoms with van der Waals surface area (Å²) in [7, 11) is -1.98. The van der Waals surface area contributed by atoms with Crippen LogP contribution in [-0.2, 0) is 14.8 Å². The second-order valence-corrected chi connectivity index (χ2v) is 6.99. The number of nitrogens with one attached hydrogen (secondary N) is 2. The van der Waals surface area contributed by atoms with E-state index in [-0.39, 0.29) is 37.6 Å². The SMILES string of the molecule is COC[C@@H](C)NS(=O)(=O)CCNC(=O)c1ccc2c(c1)OCO2. The number of hydrogen-bond acceptors (Lipinski definition) is 6. The van der Waals surface area contributed by atoms with Crippen LogP contribution in [0.4, 0.5) is 0 Å². The lowest BCUT2D eigenvalue weighted by atomic mass is 10.2. The van der Waals surface area contributed by atoms with E-state index in [0.29, 0.717) is 17.1 Å².